The zero-order valence-electron chi connectivity index (χ0n) is 11.1. The number of nitrogens with zero attached hydrogens (tertiary/aromatic N) is 1. The van der Waals surface area contributed by atoms with E-state index in [1.165, 1.54) is 30.5 Å². The number of anilines is 1. The number of fused-ring (bicyclic) bond motifs is 1. The van der Waals surface area contributed by atoms with Gasteiger partial charge in [-0.3, -0.25) is 0 Å². The first-order valence-corrected chi connectivity index (χ1v) is 7.00. The van der Waals surface area contributed by atoms with E-state index in [9.17, 15) is 0 Å². The van der Waals surface area contributed by atoms with Crippen LogP contribution in [0.15, 0.2) is 24.3 Å². The molecule has 1 saturated heterocycles. The van der Waals surface area contributed by atoms with Gasteiger partial charge < -0.3 is 15.0 Å². The van der Waals surface area contributed by atoms with Crippen molar-refractivity contribution in [3.8, 4) is 0 Å². The van der Waals surface area contributed by atoms with Crippen LogP contribution < -0.4 is 10.2 Å². The molecule has 1 aromatic rings. The number of hydrogen-bond acceptors (Lipinski definition) is 3. The van der Waals surface area contributed by atoms with Gasteiger partial charge in [-0.25, -0.2) is 0 Å². The van der Waals surface area contributed by atoms with Crippen molar-refractivity contribution in [2.75, 3.05) is 25.1 Å². The van der Waals surface area contributed by atoms with Gasteiger partial charge in [-0.1, -0.05) is 12.1 Å². The third kappa shape index (κ3) is 2.25. The number of ether oxygens (including phenoxy) is 1. The standard InChI is InChI=1S/C15H22N2O/c1-16-11-12-5-7-13(8-6-12)17-9-10-18-15-4-2-3-14(15)17/h5-8,14-16H,2-4,9-11H2,1H3. The Morgan fingerprint density at radius 3 is 2.89 bits per heavy atom. The molecule has 3 rings (SSSR count). The summed E-state index contributed by atoms with van der Waals surface area (Å²) in [6, 6.07) is 9.57. The van der Waals surface area contributed by atoms with Crippen LogP contribution in [-0.2, 0) is 11.3 Å². The quantitative estimate of drug-likeness (QED) is 0.884. The zero-order valence-corrected chi connectivity index (χ0v) is 11.1. The molecule has 1 saturated carbocycles. The van der Waals surface area contributed by atoms with E-state index >= 15 is 0 Å². The van der Waals surface area contributed by atoms with Crippen molar-refractivity contribution in [2.24, 2.45) is 0 Å². The number of benzene rings is 1. The second-order valence-corrected chi connectivity index (χ2v) is 5.30. The molecule has 2 aliphatic rings. The Morgan fingerprint density at radius 1 is 1.28 bits per heavy atom. The van der Waals surface area contributed by atoms with Gasteiger partial charge in [0.1, 0.15) is 0 Å². The molecule has 3 nitrogen and oxygen atoms in total. The highest BCUT2D eigenvalue weighted by Gasteiger charge is 2.35. The fourth-order valence-corrected chi connectivity index (χ4v) is 3.26. The lowest BCUT2D eigenvalue weighted by atomic mass is 10.1. The fraction of sp³-hybridized carbons (Fsp3) is 0.600. The van der Waals surface area contributed by atoms with Crippen molar-refractivity contribution in [3.05, 3.63) is 29.8 Å². The predicted molar refractivity (Wildman–Crippen MR) is 73.9 cm³/mol. The van der Waals surface area contributed by atoms with E-state index < -0.39 is 0 Å². The molecule has 0 bridgehead atoms. The molecule has 1 aliphatic carbocycles. The Bertz CT molecular complexity index is 390. The number of nitrogens with one attached hydrogen (secondary N) is 1. The molecule has 18 heavy (non-hydrogen) atoms. The Morgan fingerprint density at radius 2 is 2.11 bits per heavy atom. The third-order valence-electron chi connectivity index (χ3n) is 4.13. The maximum Gasteiger partial charge on any atom is 0.0779 e. The maximum atomic E-state index is 5.86. The molecule has 1 N–H and O–H groups in total. The fourth-order valence-electron chi connectivity index (χ4n) is 3.26. The summed E-state index contributed by atoms with van der Waals surface area (Å²) >= 11 is 0. The molecule has 3 heteroatoms. The number of rotatable bonds is 3. The van der Waals surface area contributed by atoms with Gasteiger partial charge in [0, 0.05) is 18.8 Å². The van der Waals surface area contributed by atoms with Crippen molar-refractivity contribution in [1.82, 2.24) is 5.32 Å². The summed E-state index contributed by atoms with van der Waals surface area (Å²) in [4.78, 5) is 2.55. The molecule has 0 amide bonds. The molecule has 0 aromatic heterocycles. The SMILES string of the molecule is CNCc1ccc(N2CCOC3CCCC32)cc1. The van der Waals surface area contributed by atoms with E-state index in [1.807, 2.05) is 7.05 Å². The Hall–Kier alpha value is -1.06. The van der Waals surface area contributed by atoms with Crippen LogP contribution in [0.3, 0.4) is 0 Å². The lowest BCUT2D eigenvalue weighted by Crippen LogP contribution is -2.48. The van der Waals surface area contributed by atoms with Crippen LogP contribution in [0.5, 0.6) is 0 Å². The van der Waals surface area contributed by atoms with E-state index in [2.05, 4.69) is 34.5 Å². The first-order valence-electron chi connectivity index (χ1n) is 7.00. The van der Waals surface area contributed by atoms with Crippen LogP contribution in [0, 0.1) is 0 Å². The van der Waals surface area contributed by atoms with Crippen LogP contribution in [0.1, 0.15) is 24.8 Å². The Labute approximate surface area is 109 Å². The van der Waals surface area contributed by atoms with Crippen LogP contribution >= 0.6 is 0 Å². The van der Waals surface area contributed by atoms with E-state index in [4.69, 9.17) is 4.74 Å². The van der Waals surface area contributed by atoms with Crippen molar-refractivity contribution >= 4 is 5.69 Å². The zero-order chi connectivity index (χ0) is 12.4. The first-order chi connectivity index (χ1) is 8.88. The van der Waals surface area contributed by atoms with Gasteiger partial charge in [0.15, 0.2) is 0 Å². The molecule has 1 heterocycles. The summed E-state index contributed by atoms with van der Waals surface area (Å²) in [5, 5.41) is 3.19. The lowest BCUT2D eigenvalue weighted by Gasteiger charge is -2.39. The van der Waals surface area contributed by atoms with Crippen LogP contribution in [-0.4, -0.2) is 32.3 Å². The minimum Gasteiger partial charge on any atom is -0.374 e. The van der Waals surface area contributed by atoms with Crippen molar-refractivity contribution in [2.45, 2.75) is 38.0 Å². The molecule has 1 aliphatic heterocycles. The summed E-state index contributed by atoms with van der Waals surface area (Å²) in [6.07, 6.45) is 4.29. The predicted octanol–water partition coefficient (Wildman–Crippen LogP) is 2.16. The molecule has 0 radical (unpaired) electrons. The van der Waals surface area contributed by atoms with E-state index in [0.717, 1.165) is 19.7 Å². The second kappa shape index (κ2) is 5.29. The molecule has 98 valence electrons. The Kier molecular flexibility index (Phi) is 3.52. The molecule has 0 spiro atoms. The van der Waals surface area contributed by atoms with Gasteiger partial charge in [-0.05, 0) is 44.0 Å². The minimum absolute atomic E-state index is 0.468. The van der Waals surface area contributed by atoms with E-state index in [1.54, 1.807) is 0 Å². The average Bonchev–Trinajstić information content (AvgIpc) is 2.88. The monoisotopic (exact) mass is 246 g/mol. The molecular formula is C15H22N2O. The molecule has 2 fully saturated rings. The van der Waals surface area contributed by atoms with E-state index in [0.29, 0.717) is 12.1 Å². The summed E-state index contributed by atoms with van der Waals surface area (Å²) in [5.74, 6) is 0. The topological polar surface area (TPSA) is 24.5 Å². The van der Waals surface area contributed by atoms with Crippen molar-refractivity contribution < 1.29 is 4.74 Å². The maximum absolute atomic E-state index is 5.86. The highest BCUT2D eigenvalue weighted by atomic mass is 16.5. The summed E-state index contributed by atoms with van der Waals surface area (Å²) in [5.41, 5.74) is 2.70. The first kappa shape index (κ1) is 12.0. The minimum atomic E-state index is 0.468. The van der Waals surface area contributed by atoms with E-state index in [-0.39, 0.29) is 0 Å². The molecular weight excluding hydrogens is 224 g/mol. The smallest absolute Gasteiger partial charge is 0.0779 e. The summed E-state index contributed by atoms with van der Waals surface area (Å²) in [6.45, 7) is 2.85. The largest absolute Gasteiger partial charge is 0.374 e. The van der Waals surface area contributed by atoms with Crippen molar-refractivity contribution in [1.29, 1.82) is 0 Å². The summed E-state index contributed by atoms with van der Waals surface area (Å²) < 4.78 is 5.86. The van der Waals surface area contributed by atoms with Gasteiger partial charge in [0.25, 0.3) is 0 Å². The van der Waals surface area contributed by atoms with Crippen LogP contribution in [0.25, 0.3) is 0 Å². The highest BCUT2D eigenvalue weighted by molar-refractivity contribution is 5.49. The Balaban J connectivity index is 1.76. The second-order valence-electron chi connectivity index (χ2n) is 5.30. The molecule has 2 atom stereocenters. The van der Waals surface area contributed by atoms with Crippen LogP contribution in [0.2, 0.25) is 0 Å². The van der Waals surface area contributed by atoms with Gasteiger partial charge >= 0.3 is 0 Å². The average molecular weight is 246 g/mol. The van der Waals surface area contributed by atoms with Gasteiger partial charge in [0.2, 0.25) is 0 Å². The number of morpholine rings is 1. The lowest BCUT2D eigenvalue weighted by molar-refractivity contribution is 0.0256. The third-order valence-corrected chi connectivity index (χ3v) is 4.13. The van der Waals surface area contributed by atoms with Crippen molar-refractivity contribution in [3.63, 3.8) is 0 Å². The highest BCUT2D eigenvalue weighted by Crippen LogP contribution is 2.33. The van der Waals surface area contributed by atoms with Gasteiger partial charge in [-0.2, -0.15) is 0 Å². The van der Waals surface area contributed by atoms with Crippen LogP contribution in [0.4, 0.5) is 5.69 Å². The van der Waals surface area contributed by atoms with Gasteiger partial charge in [-0.15, -0.1) is 0 Å². The number of hydrogen-bond donors (Lipinski definition) is 1. The normalized spacial score (nSPS) is 27.3. The molecule has 1 aromatic carbocycles. The molecule has 2 unspecified atom stereocenters. The summed E-state index contributed by atoms with van der Waals surface area (Å²) in [7, 11) is 1.99. The van der Waals surface area contributed by atoms with Gasteiger partial charge in [0.05, 0.1) is 18.8 Å².